The molecule has 1 spiro atoms. The van der Waals surface area contributed by atoms with Gasteiger partial charge in [-0.3, -0.25) is 4.79 Å². The molecule has 6 nitrogen and oxygen atoms in total. The molecule has 0 unspecified atom stereocenters. The predicted molar refractivity (Wildman–Crippen MR) is 114 cm³/mol. The van der Waals surface area contributed by atoms with Crippen LogP contribution in [0.15, 0.2) is 29.2 Å². The number of esters is 1. The number of rotatable bonds is 7. The Morgan fingerprint density at radius 2 is 2.03 bits per heavy atom. The summed E-state index contributed by atoms with van der Waals surface area (Å²) in [5.74, 6) is 0.236. The fraction of sp³-hybridized carbons (Fsp3) is 0.500. The smallest absolute Gasteiger partial charge is 0.343 e. The largest absolute Gasteiger partial charge is 0.496 e. The Kier molecular flexibility index (Phi) is 5.69. The van der Waals surface area contributed by atoms with E-state index >= 15 is 0 Å². The topological polar surface area (TPSA) is 77.8 Å². The lowest BCUT2D eigenvalue weighted by molar-refractivity contribution is 0.0521. The van der Waals surface area contributed by atoms with Crippen LogP contribution in [0.2, 0.25) is 0 Å². The van der Waals surface area contributed by atoms with Gasteiger partial charge in [-0.2, -0.15) is 0 Å². The molecule has 1 N–H and O–H groups in total. The lowest BCUT2D eigenvalue weighted by Crippen LogP contribution is -2.46. The van der Waals surface area contributed by atoms with Gasteiger partial charge in [0.15, 0.2) is 5.43 Å². The Bertz CT molecular complexity index is 1020. The Morgan fingerprint density at radius 3 is 2.67 bits per heavy atom. The zero-order valence-corrected chi connectivity index (χ0v) is 17.7. The van der Waals surface area contributed by atoms with E-state index in [-0.39, 0.29) is 29.7 Å². The predicted octanol–water partition coefficient (Wildman–Crippen LogP) is 3.45. The Hall–Kier alpha value is -2.60. The number of hydrogen-bond acceptors (Lipinski definition) is 5. The number of carbonyl (C=O) groups excluding carboxylic acids is 1. The van der Waals surface area contributed by atoms with E-state index in [1.165, 1.54) is 5.56 Å². The minimum absolute atomic E-state index is 0.0891. The highest BCUT2D eigenvalue weighted by Gasteiger charge is 2.43. The van der Waals surface area contributed by atoms with Crippen LogP contribution in [-0.2, 0) is 23.1 Å². The lowest BCUT2D eigenvalue weighted by Gasteiger charge is -2.49. The van der Waals surface area contributed by atoms with Gasteiger partial charge >= 0.3 is 5.97 Å². The van der Waals surface area contributed by atoms with Crippen molar-refractivity contribution in [2.24, 2.45) is 0 Å². The van der Waals surface area contributed by atoms with E-state index in [9.17, 15) is 9.59 Å². The van der Waals surface area contributed by atoms with Crippen LogP contribution in [-0.4, -0.2) is 36.0 Å². The number of aromatic nitrogens is 1. The first-order valence-corrected chi connectivity index (χ1v) is 10.8. The maximum atomic E-state index is 12.8. The number of nitrogens with zero attached hydrogens (tertiary/aromatic N) is 1. The monoisotopic (exact) mass is 411 g/mol. The highest BCUT2D eigenvalue weighted by molar-refractivity contribution is 5.89. The van der Waals surface area contributed by atoms with E-state index in [2.05, 4.69) is 10.6 Å². The van der Waals surface area contributed by atoms with Crippen molar-refractivity contribution in [3.63, 3.8) is 0 Å². The van der Waals surface area contributed by atoms with Crippen LogP contribution in [0.25, 0.3) is 11.3 Å². The number of methoxy groups -OCH3 is 1. The molecule has 0 amide bonds. The summed E-state index contributed by atoms with van der Waals surface area (Å²) < 4.78 is 12.9. The van der Waals surface area contributed by atoms with Crippen LogP contribution < -0.4 is 10.2 Å². The summed E-state index contributed by atoms with van der Waals surface area (Å²) in [5.41, 5.74) is 3.89. The van der Waals surface area contributed by atoms with Gasteiger partial charge < -0.3 is 19.1 Å². The third kappa shape index (κ3) is 3.43. The summed E-state index contributed by atoms with van der Waals surface area (Å²) in [6.45, 7) is 2.17. The molecule has 0 bridgehead atoms. The minimum atomic E-state index is -0.560. The molecule has 160 valence electrons. The number of carbonyl (C=O) groups is 1. The first kappa shape index (κ1) is 20.7. The number of fused-ring (bicyclic) bond motifs is 4. The molecule has 1 aromatic heterocycles. The standard InChI is InChI=1S/C24H29NO5/c1-3-30-23(28)19-15-25-20(13-21(19)27)18-12-22(29-2)16(7-4-5-10-26)11-17(18)14-24(25)8-6-9-24/h11-13,15,26H,3-10,14H2,1-2H3. The van der Waals surface area contributed by atoms with Gasteiger partial charge in [0.25, 0.3) is 0 Å². The van der Waals surface area contributed by atoms with Crippen molar-refractivity contribution in [3.05, 3.63) is 51.3 Å². The van der Waals surface area contributed by atoms with Gasteiger partial charge in [0, 0.05) is 30.0 Å². The van der Waals surface area contributed by atoms with Crippen molar-refractivity contribution in [2.75, 3.05) is 20.3 Å². The van der Waals surface area contributed by atoms with Crippen molar-refractivity contribution in [2.45, 2.75) is 57.4 Å². The number of aryl methyl sites for hydroxylation is 1. The van der Waals surface area contributed by atoms with Gasteiger partial charge in [0.2, 0.25) is 0 Å². The van der Waals surface area contributed by atoms with E-state index in [0.29, 0.717) is 0 Å². The van der Waals surface area contributed by atoms with Crippen LogP contribution in [0.1, 0.15) is 60.5 Å². The number of hydrogen-bond donors (Lipinski definition) is 1. The molecule has 0 radical (unpaired) electrons. The van der Waals surface area contributed by atoms with Crippen LogP contribution in [0, 0.1) is 0 Å². The number of pyridine rings is 1. The molecule has 1 aliphatic carbocycles. The number of unbranched alkanes of at least 4 members (excludes halogenated alkanes) is 1. The van der Waals surface area contributed by atoms with E-state index in [0.717, 1.165) is 67.5 Å². The summed E-state index contributed by atoms with van der Waals surface area (Å²) >= 11 is 0. The quantitative estimate of drug-likeness (QED) is 0.558. The van der Waals surface area contributed by atoms with Crippen LogP contribution in [0.3, 0.4) is 0 Å². The fourth-order valence-electron chi connectivity index (χ4n) is 4.81. The average Bonchev–Trinajstić information content (AvgIpc) is 2.71. The fourth-order valence-corrected chi connectivity index (χ4v) is 4.81. The highest BCUT2D eigenvalue weighted by Crippen LogP contribution is 2.49. The van der Waals surface area contributed by atoms with E-state index < -0.39 is 5.97 Å². The Morgan fingerprint density at radius 1 is 1.23 bits per heavy atom. The summed E-state index contributed by atoms with van der Waals surface area (Å²) in [5, 5.41) is 9.10. The molecule has 0 saturated heterocycles. The van der Waals surface area contributed by atoms with Gasteiger partial charge in [-0.15, -0.1) is 0 Å². The number of aliphatic hydroxyl groups excluding tert-OH is 1. The van der Waals surface area contributed by atoms with E-state index in [1.807, 2.05) is 6.07 Å². The number of aliphatic hydroxyl groups is 1. The molecule has 4 rings (SSSR count). The number of benzene rings is 1. The highest BCUT2D eigenvalue weighted by atomic mass is 16.5. The average molecular weight is 411 g/mol. The Balaban J connectivity index is 1.84. The first-order chi connectivity index (χ1) is 14.5. The van der Waals surface area contributed by atoms with Gasteiger partial charge in [0.1, 0.15) is 11.3 Å². The molecule has 2 heterocycles. The van der Waals surface area contributed by atoms with E-state index in [1.54, 1.807) is 26.3 Å². The summed E-state index contributed by atoms with van der Waals surface area (Å²) in [4.78, 5) is 25.1. The molecule has 6 heteroatoms. The zero-order valence-electron chi connectivity index (χ0n) is 17.7. The van der Waals surface area contributed by atoms with Gasteiger partial charge in [-0.1, -0.05) is 6.07 Å². The Labute approximate surface area is 176 Å². The van der Waals surface area contributed by atoms with Crippen molar-refractivity contribution < 1.29 is 19.4 Å². The maximum Gasteiger partial charge on any atom is 0.343 e. The molecule has 2 aliphatic rings. The molecule has 1 aromatic carbocycles. The maximum absolute atomic E-state index is 12.8. The summed E-state index contributed by atoms with van der Waals surface area (Å²) in [6, 6.07) is 5.80. The van der Waals surface area contributed by atoms with Crippen LogP contribution in [0.5, 0.6) is 5.75 Å². The first-order valence-electron chi connectivity index (χ1n) is 10.8. The zero-order chi connectivity index (χ0) is 21.3. The minimum Gasteiger partial charge on any atom is -0.496 e. The molecule has 1 aliphatic heterocycles. The molecule has 1 fully saturated rings. The third-order valence-corrected chi connectivity index (χ3v) is 6.50. The second kappa shape index (κ2) is 8.26. The van der Waals surface area contributed by atoms with Gasteiger partial charge in [-0.25, -0.2) is 4.79 Å². The van der Waals surface area contributed by atoms with Crippen molar-refractivity contribution >= 4 is 5.97 Å². The molecular formula is C24H29NO5. The van der Waals surface area contributed by atoms with Crippen LogP contribution in [0.4, 0.5) is 0 Å². The summed E-state index contributed by atoms with van der Waals surface area (Å²) in [7, 11) is 1.66. The molecule has 2 aromatic rings. The number of ether oxygens (including phenoxy) is 2. The second-order valence-electron chi connectivity index (χ2n) is 8.28. The van der Waals surface area contributed by atoms with Crippen LogP contribution >= 0.6 is 0 Å². The molecule has 30 heavy (non-hydrogen) atoms. The molecule has 1 saturated carbocycles. The van der Waals surface area contributed by atoms with Crippen molar-refractivity contribution in [1.82, 2.24) is 4.57 Å². The third-order valence-electron chi connectivity index (χ3n) is 6.50. The second-order valence-corrected chi connectivity index (χ2v) is 8.28. The summed E-state index contributed by atoms with van der Waals surface area (Å²) in [6.07, 6.45) is 8.27. The van der Waals surface area contributed by atoms with Gasteiger partial charge in [-0.05, 0) is 69.1 Å². The molecular weight excluding hydrogens is 382 g/mol. The molecule has 0 atom stereocenters. The SMILES string of the molecule is CCOC(=O)c1cn2c(cc1=O)-c1cc(OC)c(CCCCO)cc1CC21CCC1. The lowest BCUT2D eigenvalue weighted by atomic mass is 9.69. The van der Waals surface area contributed by atoms with E-state index in [4.69, 9.17) is 14.6 Å². The normalized spacial score (nSPS) is 15.8. The van der Waals surface area contributed by atoms with Crippen molar-refractivity contribution in [1.29, 1.82) is 0 Å². The van der Waals surface area contributed by atoms with Gasteiger partial charge in [0.05, 0.1) is 19.4 Å². The van der Waals surface area contributed by atoms with Crippen molar-refractivity contribution in [3.8, 4) is 17.0 Å².